The number of nitrogens with one attached hydrogen (secondary N) is 2. The Morgan fingerprint density at radius 2 is 1.61 bits per heavy atom. The number of hydrogen-bond donors (Lipinski definition) is 3. The van der Waals surface area contributed by atoms with E-state index < -0.39 is 11.6 Å². The van der Waals surface area contributed by atoms with Gasteiger partial charge in [-0.1, -0.05) is 84.0 Å². The topological polar surface area (TPSA) is 144 Å². The molecular weight excluding hydrogens is 618 g/mol. The summed E-state index contributed by atoms with van der Waals surface area (Å²) in [5, 5.41) is 12.9. The van der Waals surface area contributed by atoms with Crippen molar-refractivity contribution in [1.82, 2.24) is 15.8 Å². The first-order chi connectivity index (χ1) is 23.9. The molecule has 5 rings (SSSR count). The molecule has 0 bridgehead atoms. The molecule has 0 unspecified atom stereocenters. The molecule has 1 aliphatic heterocycles. The SMILES string of the molecule is CN(C)CCCNNC(=O)[C@@]1(Cc2ccccc2CN=[N+]=[N-])N=C(c2ccc(OCCCO)cc2)O[C@H]1c1ccc(-c2ccccc2)cc1. The molecule has 49 heavy (non-hydrogen) atoms. The fourth-order valence-electron chi connectivity index (χ4n) is 5.78. The van der Waals surface area contributed by atoms with Gasteiger partial charge in [-0.05, 0) is 84.7 Å². The van der Waals surface area contributed by atoms with E-state index in [1.54, 1.807) is 0 Å². The normalized spacial score (nSPS) is 16.8. The number of rotatable bonds is 17. The number of azide groups is 1. The van der Waals surface area contributed by atoms with E-state index in [0.29, 0.717) is 36.8 Å². The Labute approximate surface area is 287 Å². The minimum Gasteiger partial charge on any atom is -0.494 e. The van der Waals surface area contributed by atoms with Crippen LogP contribution in [0.25, 0.3) is 21.6 Å². The number of carbonyl (C=O) groups excluding carboxylic acids is 1. The predicted octanol–water partition coefficient (Wildman–Crippen LogP) is 6.00. The Kier molecular flexibility index (Phi) is 12.4. The fourth-order valence-corrected chi connectivity index (χ4v) is 5.78. The van der Waals surface area contributed by atoms with Gasteiger partial charge in [-0.2, -0.15) is 0 Å². The first kappa shape index (κ1) is 35.1. The van der Waals surface area contributed by atoms with Crippen LogP contribution >= 0.6 is 0 Å². The third kappa shape index (κ3) is 9.04. The average Bonchev–Trinajstić information content (AvgIpc) is 3.52. The molecule has 0 aliphatic carbocycles. The molecule has 1 heterocycles. The van der Waals surface area contributed by atoms with E-state index in [9.17, 15) is 4.79 Å². The van der Waals surface area contributed by atoms with Crippen LogP contribution in [0.3, 0.4) is 0 Å². The lowest BCUT2D eigenvalue weighted by Gasteiger charge is -2.31. The van der Waals surface area contributed by atoms with E-state index >= 15 is 0 Å². The standard InChI is InChI=1S/C38H43N7O4/c1-45(2)23-8-22-40-43-37(47)38(26-32-12-6-7-13-33(32)27-41-44-39)35(30-16-14-29(15-17-30)28-10-4-3-5-11-28)49-36(42-38)31-18-20-34(21-19-31)48-25-9-24-46/h3-7,10-21,35,40,46H,8-9,22-27H2,1-2H3,(H,43,47)/t35-,38-/m0/s1. The molecule has 0 fully saturated rings. The smallest absolute Gasteiger partial charge is 0.266 e. The van der Waals surface area contributed by atoms with E-state index in [1.807, 2.05) is 105 Å². The van der Waals surface area contributed by atoms with Crippen LogP contribution < -0.4 is 15.6 Å². The molecule has 0 radical (unpaired) electrons. The van der Waals surface area contributed by atoms with Crippen LogP contribution in [0, 0.1) is 0 Å². The van der Waals surface area contributed by atoms with Gasteiger partial charge in [0.05, 0.1) is 13.2 Å². The number of hydrogen-bond acceptors (Lipinski definition) is 8. The summed E-state index contributed by atoms with van der Waals surface area (Å²) in [4.78, 5) is 24.7. The van der Waals surface area contributed by atoms with Crippen molar-refractivity contribution < 1.29 is 19.4 Å². The zero-order valence-electron chi connectivity index (χ0n) is 28.0. The lowest BCUT2D eigenvalue weighted by atomic mass is 9.80. The van der Waals surface area contributed by atoms with Crippen molar-refractivity contribution in [3.05, 3.63) is 136 Å². The summed E-state index contributed by atoms with van der Waals surface area (Å²) < 4.78 is 12.4. The maximum Gasteiger partial charge on any atom is 0.266 e. The molecular formula is C38H43N7O4. The lowest BCUT2D eigenvalue weighted by molar-refractivity contribution is -0.130. The summed E-state index contributed by atoms with van der Waals surface area (Å²) in [6, 6.07) is 33.1. The van der Waals surface area contributed by atoms with Gasteiger partial charge in [0.25, 0.3) is 5.91 Å². The molecule has 1 amide bonds. The number of amides is 1. The molecule has 1 aliphatic rings. The quantitative estimate of drug-likeness (QED) is 0.0417. The second-order valence-corrected chi connectivity index (χ2v) is 12.1. The van der Waals surface area contributed by atoms with E-state index in [1.165, 1.54) is 0 Å². The fraction of sp³-hybridized carbons (Fsp3) is 0.316. The third-order valence-electron chi connectivity index (χ3n) is 8.34. The van der Waals surface area contributed by atoms with E-state index in [4.69, 9.17) is 25.1 Å². The third-order valence-corrected chi connectivity index (χ3v) is 8.34. The van der Waals surface area contributed by atoms with Crippen molar-refractivity contribution in [2.45, 2.75) is 37.5 Å². The highest BCUT2D eigenvalue weighted by molar-refractivity contribution is 6.01. The highest BCUT2D eigenvalue weighted by Crippen LogP contribution is 2.43. The second kappa shape index (κ2) is 17.3. The first-order valence-electron chi connectivity index (χ1n) is 16.4. The summed E-state index contributed by atoms with van der Waals surface area (Å²) in [5.74, 6) is 0.642. The van der Waals surface area contributed by atoms with Crippen molar-refractivity contribution in [2.75, 3.05) is 40.4 Å². The van der Waals surface area contributed by atoms with Crippen LogP contribution in [-0.2, 0) is 22.5 Å². The highest BCUT2D eigenvalue weighted by atomic mass is 16.5. The number of nitrogens with zero attached hydrogens (tertiary/aromatic N) is 5. The Morgan fingerprint density at radius 1 is 0.939 bits per heavy atom. The van der Waals surface area contributed by atoms with Gasteiger partial charge in [0.15, 0.2) is 11.6 Å². The minimum atomic E-state index is -1.43. The Morgan fingerprint density at radius 3 is 2.31 bits per heavy atom. The number of aliphatic hydroxyl groups is 1. The molecule has 0 aromatic heterocycles. The van der Waals surface area contributed by atoms with Crippen LogP contribution in [0.4, 0.5) is 0 Å². The molecule has 0 saturated carbocycles. The molecule has 2 atom stereocenters. The summed E-state index contributed by atoms with van der Waals surface area (Å²) in [7, 11) is 4.02. The minimum absolute atomic E-state index is 0.0527. The van der Waals surface area contributed by atoms with Gasteiger partial charge in [-0.25, -0.2) is 10.4 Å². The predicted molar refractivity (Wildman–Crippen MR) is 191 cm³/mol. The van der Waals surface area contributed by atoms with Crippen molar-refractivity contribution in [1.29, 1.82) is 0 Å². The number of benzene rings is 4. The average molecular weight is 662 g/mol. The van der Waals surface area contributed by atoms with Crippen molar-refractivity contribution >= 4 is 11.8 Å². The molecule has 0 spiro atoms. The van der Waals surface area contributed by atoms with Crippen molar-refractivity contribution in [3.63, 3.8) is 0 Å². The molecule has 3 N–H and O–H groups in total. The summed E-state index contributed by atoms with van der Waals surface area (Å²) in [5.41, 5.74) is 18.9. The largest absolute Gasteiger partial charge is 0.494 e. The van der Waals surface area contributed by atoms with Crippen LogP contribution in [0.1, 0.15) is 41.2 Å². The van der Waals surface area contributed by atoms with Crippen molar-refractivity contribution in [3.8, 4) is 16.9 Å². The molecule has 4 aromatic rings. The van der Waals surface area contributed by atoms with Gasteiger partial charge in [-0.15, -0.1) is 0 Å². The number of carbonyl (C=O) groups is 1. The Hall–Kier alpha value is -5.19. The van der Waals surface area contributed by atoms with Gasteiger partial charge in [0.1, 0.15) is 5.75 Å². The maximum atomic E-state index is 14.6. The molecule has 0 saturated heterocycles. The Bertz CT molecular complexity index is 1740. The monoisotopic (exact) mass is 661 g/mol. The van der Waals surface area contributed by atoms with Gasteiger partial charge < -0.3 is 19.5 Å². The first-order valence-corrected chi connectivity index (χ1v) is 16.4. The van der Waals surface area contributed by atoms with E-state index in [0.717, 1.165) is 40.8 Å². The van der Waals surface area contributed by atoms with Gasteiger partial charge in [0, 0.05) is 36.5 Å². The number of aliphatic hydroxyl groups excluding tert-OH is 1. The van der Waals surface area contributed by atoms with E-state index in [2.05, 4.69) is 37.9 Å². The molecule has 4 aromatic carbocycles. The van der Waals surface area contributed by atoms with Crippen LogP contribution in [0.2, 0.25) is 0 Å². The lowest BCUT2D eigenvalue weighted by Crippen LogP contribution is -2.54. The van der Waals surface area contributed by atoms with Crippen LogP contribution in [0.15, 0.2) is 113 Å². The van der Waals surface area contributed by atoms with Gasteiger partial charge >= 0.3 is 0 Å². The summed E-state index contributed by atoms with van der Waals surface area (Å²) in [6.07, 6.45) is 0.762. The van der Waals surface area contributed by atoms with Gasteiger partial charge in [0.2, 0.25) is 5.90 Å². The number of hydrazine groups is 1. The molecule has 11 heteroatoms. The van der Waals surface area contributed by atoms with Crippen LogP contribution in [-0.4, -0.2) is 67.7 Å². The summed E-state index contributed by atoms with van der Waals surface area (Å²) >= 11 is 0. The Balaban J connectivity index is 1.56. The van der Waals surface area contributed by atoms with E-state index in [-0.39, 0.29) is 25.5 Å². The van der Waals surface area contributed by atoms with Gasteiger partial charge in [-0.3, -0.25) is 10.2 Å². The zero-order valence-corrected chi connectivity index (χ0v) is 28.0. The molecule has 11 nitrogen and oxygen atoms in total. The molecule has 254 valence electrons. The van der Waals surface area contributed by atoms with Crippen LogP contribution in [0.5, 0.6) is 5.75 Å². The summed E-state index contributed by atoms with van der Waals surface area (Å²) in [6.45, 7) is 2.02. The second-order valence-electron chi connectivity index (χ2n) is 12.1. The highest BCUT2D eigenvalue weighted by Gasteiger charge is 2.53. The zero-order chi connectivity index (χ0) is 34.5. The number of ether oxygens (including phenoxy) is 2. The number of aliphatic imine (C=N–C) groups is 1. The maximum absolute atomic E-state index is 14.6. The van der Waals surface area contributed by atoms with Crippen molar-refractivity contribution in [2.24, 2.45) is 10.1 Å².